The van der Waals surface area contributed by atoms with Crippen molar-refractivity contribution in [1.82, 2.24) is 0 Å². The van der Waals surface area contributed by atoms with Gasteiger partial charge >= 0.3 is 17.6 Å². The lowest BCUT2D eigenvalue weighted by Crippen LogP contribution is -2.12. The van der Waals surface area contributed by atoms with Gasteiger partial charge in [-0.05, 0) is 109 Å². The van der Waals surface area contributed by atoms with Crippen molar-refractivity contribution in [2.45, 2.75) is 78.1 Å². The van der Waals surface area contributed by atoms with E-state index in [-0.39, 0.29) is 22.6 Å². The van der Waals surface area contributed by atoms with Crippen molar-refractivity contribution >= 4 is 41.4 Å². The molecule has 5 rings (SSSR count). The second-order valence-electron chi connectivity index (χ2n) is 13.9. The number of rotatable bonds is 23. The number of benzene rings is 5. The number of unbranched alkanes of at least 4 members (excludes halogenated alkanes) is 8. The Morgan fingerprint density at radius 1 is 0.542 bits per heavy atom. The number of nitrogens with zero attached hydrogens (tertiary/aromatic N) is 3. The number of carbonyl (C=O) groups is 2. The second kappa shape index (κ2) is 23.6. The molecule has 0 saturated heterocycles. The fourth-order valence-electron chi connectivity index (χ4n) is 5.92. The molecular weight excluding hydrogens is 747 g/mol. The number of para-hydroxylation sites is 1. The highest BCUT2D eigenvalue weighted by molar-refractivity contribution is 5.94. The van der Waals surface area contributed by atoms with E-state index in [4.69, 9.17) is 18.9 Å². The van der Waals surface area contributed by atoms with Crippen LogP contribution in [0.15, 0.2) is 125 Å². The zero-order chi connectivity index (χ0) is 41.7. The number of hydrogen-bond donors (Lipinski definition) is 0. The van der Waals surface area contributed by atoms with E-state index in [1.165, 1.54) is 93.8 Å². The first kappa shape index (κ1) is 43.5. The minimum atomic E-state index is -0.823. The third-order valence-corrected chi connectivity index (χ3v) is 9.27. The summed E-state index contributed by atoms with van der Waals surface area (Å²) in [5.74, 6) is -0.787. The van der Waals surface area contributed by atoms with Crippen molar-refractivity contribution in [2.24, 2.45) is 9.98 Å². The summed E-state index contributed by atoms with van der Waals surface area (Å²) in [6.07, 6.45) is 15.1. The van der Waals surface area contributed by atoms with Gasteiger partial charge in [-0.3, -0.25) is 20.1 Å². The highest BCUT2D eigenvalue weighted by atomic mass is 16.6. The molecule has 0 atom stereocenters. The molecule has 5 aromatic carbocycles. The highest BCUT2D eigenvalue weighted by Crippen LogP contribution is 2.37. The number of hydrogen-bond acceptors (Lipinski definition) is 10. The van der Waals surface area contributed by atoms with Crippen LogP contribution in [0.2, 0.25) is 0 Å². The van der Waals surface area contributed by atoms with Gasteiger partial charge in [-0.2, -0.15) is 0 Å². The van der Waals surface area contributed by atoms with Crippen molar-refractivity contribution in [2.75, 3.05) is 13.2 Å². The molecule has 0 saturated carbocycles. The van der Waals surface area contributed by atoms with Gasteiger partial charge in [0.1, 0.15) is 11.5 Å². The SMILES string of the molecule is CCCCCCCOc1ccc(N=Cc2ccc(C(=O)Oc3cccc(OC(=O)c4ccc(C=Nc5ccc(OCCCCCCC)cc5)cc4)c3[N+](=O)[O-])cc2)cc1. The maximum absolute atomic E-state index is 13.1. The van der Waals surface area contributed by atoms with E-state index in [1.54, 1.807) is 36.7 Å². The Kier molecular flexibility index (Phi) is 17.4. The zero-order valence-corrected chi connectivity index (χ0v) is 33.7. The Hall–Kier alpha value is -6.62. The molecule has 0 aliphatic rings. The molecule has 59 heavy (non-hydrogen) atoms. The van der Waals surface area contributed by atoms with E-state index in [0.29, 0.717) is 13.2 Å². The van der Waals surface area contributed by atoms with Crippen LogP contribution in [0.25, 0.3) is 0 Å². The number of carbonyl (C=O) groups excluding carboxylic acids is 2. The van der Waals surface area contributed by atoms with E-state index in [0.717, 1.165) is 46.8 Å². The van der Waals surface area contributed by atoms with E-state index in [2.05, 4.69) is 23.8 Å². The van der Waals surface area contributed by atoms with Gasteiger partial charge in [-0.1, -0.05) is 95.5 Å². The summed E-state index contributed by atoms with van der Waals surface area (Å²) in [5, 5.41) is 12.1. The van der Waals surface area contributed by atoms with E-state index < -0.39 is 22.5 Å². The summed E-state index contributed by atoms with van der Waals surface area (Å²) in [6.45, 7) is 5.77. The summed E-state index contributed by atoms with van der Waals surface area (Å²) < 4.78 is 22.5. The molecule has 306 valence electrons. The Balaban J connectivity index is 1.12. The number of ether oxygens (including phenoxy) is 4. The molecule has 5 aromatic rings. The molecule has 0 fully saturated rings. The minimum Gasteiger partial charge on any atom is -0.494 e. The molecule has 0 N–H and O–H groups in total. The normalized spacial score (nSPS) is 11.2. The maximum atomic E-state index is 13.1. The lowest BCUT2D eigenvalue weighted by atomic mass is 10.1. The monoisotopic (exact) mass is 797 g/mol. The number of aliphatic imine (C=N–C) groups is 2. The quantitative estimate of drug-likeness (QED) is 0.0159. The first-order valence-corrected chi connectivity index (χ1v) is 20.3. The van der Waals surface area contributed by atoms with Gasteiger partial charge in [0, 0.05) is 12.4 Å². The van der Waals surface area contributed by atoms with Crippen LogP contribution in [0.5, 0.6) is 23.0 Å². The predicted molar refractivity (Wildman–Crippen MR) is 232 cm³/mol. The second-order valence-corrected chi connectivity index (χ2v) is 13.9. The Labute approximate surface area is 345 Å². The molecule has 0 aliphatic heterocycles. The fourth-order valence-corrected chi connectivity index (χ4v) is 5.92. The molecule has 0 radical (unpaired) electrons. The summed E-state index contributed by atoms with van der Waals surface area (Å²) >= 11 is 0. The van der Waals surface area contributed by atoms with Crippen molar-refractivity contribution in [3.05, 3.63) is 148 Å². The maximum Gasteiger partial charge on any atom is 0.353 e. The molecule has 0 unspecified atom stereocenters. The standard InChI is InChI=1S/C48H51N3O8/c1-3-5-7-9-11-32-56-42-28-24-40(25-29-42)49-34-36-16-20-38(21-17-36)47(52)58-44-14-13-15-45(46(44)51(54)55)59-48(53)39-22-18-37(19-23-39)35-50-41-26-30-43(31-27-41)57-33-12-10-8-6-4-2/h13-31,34-35H,3-12,32-33H2,1-2H3. The average molecular weight is 798 g/mol. The largest absolute Gasteiger partial charge is 0.494 e. The summed E-state index contributed by atoms with van der Waals surface area (Å²) in [6, 6.07) is 31.8. The van der Waals surface area contributed by atoms with Gasteiger partial charge in [0.05, 0.1) is 40.6 Å². The topological polar surface area (TPSA) is 139 Å². The molecule has 0 spiro atoms. The van der Waals surface area contributed by atoms with E-state index in [9.17, 15) is 19.7 Å². The van der Waals surface area contributed by atoms with E-state index in [1.807, 2.05) is 48.5 Å². The van der Waals surface area contributed by atoms with Crippen molar-refractivity contribution in [3.63, 3.8) is 0 Å². The summed E-state index contributed by atoms with van der Waals surface area (Å²) in [5.41, 5.74) is 2.60. The lowest BCUT2D eigenvalue weighted by Gasteiger charge is -2.09. The van der Waals surface area contributed by atoms with Gasteiger partial charge in [0.15, 0.2) is 0 Å². The van der Waals surface area contributed by atoms with Crippen LogP contribution < -0.4 is 18.9 Å². The average Bonchev–Trinajstić information content (AvgIpc) is 3.25. The van der Waals surface area contributed by atoms with E-state index >= 15 is 0 Å². The van der Waals surface area contributed by atoms with Crippen molar-refractivity contribution in [3.8, 4) is 23.0 Å². The Morgan fingerprint density at radius 2 is 0.932 bits per heavy atom. The molecule has 0 aliphatic carbocycles. The minimum absolute atomic E-state index is 0.160. The first-order chi connectivity index (χ1) is 28.8. The Morgan fingerprint density at radius 3 is 1.31 bits per heavy atom. The molecule has 0 bridgehead atoms. The molecule has 0 amide bonds. The molecule has 0 heterocycles. The fraction of sp³-hybridized carbons (Fsp3) is 0.292. The van der Waals surface area contributed by atoms with Crippen molar-refractivity contribution in [1.29, 1.82) is 0 Å². The molecular formula is C48H51N3O8. The van der Waals surface area contributed by atoms with Crippen LogP contribution in [0.4, 0.5) is 17.1 Å². The van der Waals surface area contributed by atoms with Gasteiger partial charge in [0.2, 0.25) is 11.5 Å². The lowest BCUT2D eigenvalue weighted by molar-refractivity contribution is -0.386. The number of nitro benzene ring substituents is 1. The van der Waals surface area contributed by atoms with Crippen LogP contribution in [-0.4, -0.2) is 42.5 Å². The third-order valence-electron chi connectivity index (χ3n) is 9.27. The molecule has 11 nitrogen and oxygen atoms in total. The van der Waals surface area contributed by atoms with Crippen LogP contribution in [0, 0.1) is 10.1 Å². The third kappa shape index (κ3) is 14.4. The van der Waals surface area contributed by atoms with Crippen LogP contribution >= 0.6 is 0 Å². The van der Waals surface area contributed by atoms with Crippen molar-refractivity contribution < 1.29 is 33.5 Å². The van der Waals surface area contributed by atoms with Gasteiger partial charge in [0.25, 0.3) is 0 Å². The van der Waals surface area contributed by atoms with Crippen LogP contribution in [-0.2, 0) is 0 Å². The van der Waals surface area contributed by atoms with Gasteiger partial charge < -0.3 is 18.9 Å². The summed E-state index contributed by atoms with van der Waals surface area (Å²) in [4.78, 5) is 46.5. The van der Waals surface area contributed by atoms with Gasteiger partial charge in [-0.25, -0.2) is 9.59 Å². The molecule has 0 aromatic heterocycles. The number of nitro groups is 1. The van der Waals surface area contributed by atoms with Crippen LogP contribution in [0.3, 0.4) is 0 Å². The number of esters is 2. The predicted octanol–water partition coefficient (Wildman–Crippen LogP) is 12.2. The smallest absolute Gasteiger partial charge is 0.353 e. The van der Waals surface area contributed by atoms with Gasteiger partial charge in [-0.15, -0.1) is 0 Å². The zero-order valence-electron chi connectivity index (χ0n) is 33.7. The molecule has 11 heteroatoms. The summed E-state index contributed by atoms with van der Waals surface area (Å²) in [7, 11) is 0. The van der Waals surface area contributed by atoms with Crippen LogP contribution in [0.1, 0.15) is 110 Å². The highest BCUT2D eigenvalue weighted by Gasteiger charge is 2.27. The first-order valence-electron chi connectivity index (χ1n) is 20.3. The Bertz CT molecular complexity index is 2000.